The molecule has 0 aliphatic heterocycles. The Balaban J connectivity index is 1.59. The number of aromatic nitrogens is 5. The van der Waals surface area contributed by atoms with Crippen molar-refractivity contribution in [2.45, 2.75) is 19.5 Å². The predicted molar refractivity (Wildman–Crippen MR) is 84.9 cm³/mol. The van der Waals surface area contributed by atoms with Crippen molar-refractivity contribution in [1.29, 1.82) is 0 Å². The Hall–Kier alpha value is -3.43. The molecule has 0 spiro atoms. The van der Waals surface area contributed by atoms with Gasteiger partial charge in [-0.3, -0.25) is 4.79 Å². The van der Waals surface area contributed by atoms with Crippen molar-refractivity contribution < 1.29 is 18.3 Å². The van der Waals surface area contributed by atoms with Gasteiger partial charge in [-0.15, -0.1) is 5.10 Å². The fraction of sp³-hybridized carbons (Fsp3) is 0.188. The van der Waals surface area contributed by atoms with Gasteiger partial charge in [-0.05, 0) is 28.6 Å². The molecule has 2 aromatic heterocycles. The lowest BCUT2D eigenvalue weighted by molar-refractivity contribution is -0.121. The van der Waals surface area contributed by atoms with Crippen LogP contribution in [0.2, 0.25) is 0 Å². The van der Waals surface area contributed by atoms with E-state index in [1.807, 2.05) is 0 Å². The first-order valence-corrected chi connectivity index (χ1v) is 7.66. The van der Waals surface area contributed by atoms with E-state index in [-0.39, 0.29) is 30.5 Å². The monoisotopic (exact) mass is 360 g/mol. The molecule has 0 fully saturated rings. The molecule has 0 saturated carbocycles. The maximum absolute atomic E-state index is 13.3. The van der Waals surface area contributed by atoms with E-state index >= 15 is 0 Å². The summed E-state index contributed by atoms with van der Waals surface area (Å²) in [6.07, 6.45) is 3.12. The van der Waals surface area contributed by atoms with Crippen LogP contribution in [-0.4, -0.2) is 31.1 Å². The van der Waals surface area contributed by atoms with Crippen LogP contribution in [-0.2, 0) is 17.9 Å². The van der Waals surface area contributed by atoms with Crippen LogP contribution in [0.15, 0.2) is 42.9 Å². The first-order chi connectivity index (χ1) is 12.6. The number of hydrogen-bond acceptors (Lipinski definition) is 6. The number of ether oxygens (including phenoxy) is 1. The molecule has 134 valence electrons. The average molecular weight is 360 g/mol. The molecule has 0 unspecified atom stereocenters. The van der Waals surface area contributed by atoms with Crippen LogP contribution in [0.3, 0.4) is 0 Å². The number of tetrazole rings is 1. The van der Waals surface area contributed by atoms with Crippen LogP contribution in [0.4, 0.5) is 8.78 Å². The quantitative estimate of drug-likeness (QED) is 0.691. The van der Waals surface area contributed by atoms with Gasteiger partial charge in [0.1, 0.15) is 12.1 Å². The fourth-order valence-corrected chi connectivity index (χ4v) is 2.08. The molecule has 3 aromatic rings. The fourth-order valence-electron chi connectivity index (χ4n) is 2.08. The Bertz CT molecular complexity index is 888. The van der Waals surface area contributed by atoms with Crippen molar-refractivity contribution in [3.8, 4) is 11.6 Å². The molecule has 1 N–H and O–H groups in total. The number of hydrogen-bond donors (Lipinski definition) is 1. The third-order valence-corrected chi connectivity index (χ3v) is 3.39. The molecule has 0 radical (unpaired) electrons. The van der Waals surface area contributed by atoms with Gasteiger partial charge in [0.05, 0.1) is 6.54 Å². The number of amides is 1. The van der Waals surface area contributed by atoms with Crippen LogP contribution in [0, 0.1) is 11.6 Å². The topological polar surface area (TPSA) is 94.8 Å². The summed E-state index contributed by atoms with van der Waals surface area (Å²) in [4.78, 5) is 16.0. The largest absolute Gasteiger partial charge is 0.439 e. The van der Waals surface area contributed by atoms with Gasteiger partial charge in [0.2, 0.25) is 11.8 Å². The van der Waals surface area contributed by atoms with E-state index < -0.39 is 11.6 Å². The first kappa shape index (κ1) is 17.4. The molecule has 0 bridgehead atoms. The van der Waals surface area contributed by atoms with Gasteiger partial charge in [-0.25, -0.2) is 18.4 Å². The highest BCUT2D eigenvalue weighted by Gasteiger charge is 2.10. The van der Waals surface area contributed by atoms with E-state index in [0.29, 0.717) is 12.1 Å². The van der Waals surface area contributed by atoms with E-state index in [2.05, 4.69) is 25.8 Å². The molecule has 1 aromatic carbocycles. The number of halogens is 2. The van der Waals surface area contributed by atoms with Gasteiger partial charge in [-0.1, -0.05) is 6.07 Å². The van der Waals surface area contributed by atoms with Crippen molar-refractivity contribution in [2.75, 3.05) is 0 Å². The highest BCUT2D eigenvalue weighted by atomic mass is 19.2. The second-order valence-electron chi connectivity index (χ2n) is 5.25. The minimum absolute atomic E-state index is 0.105. The molecular weight excluding hydrogens is 346 g/mol. The number of nitrogens with zero attached hydrogens (tertiary/aromatic N) is 5. The molecule has 3 rings (SSSR count). The molecule has 10 heteroatoms. The number of pyridine rings is 1. The van der Waals surface area contributed by atoms with Crippen molar-refractivity contribution in [2.24, 2.45) is 0 Å². The zero-order chi connectivity index (χ0) is 18.4. The second-order valence-corrected chi connectivity index (χ2v) is 5.25. The maximum Gasteiger partial charge on any atom is 0.224 e. The van der Waals surface area contributed by atoms with Gasteiger partial charge >= 0.3 is 0 Å². The van der Waals surface area contributed by atoms with Gasteiger partial charge in [-0.2, -0.15) is 0 Å². The highest BCUT2D eigenvalue weighted by molar-refractivity contribution is 5.75. The number of benzene rings is 1. The second kappa shape index (κ2) is 8.10. The lowest BCUT2D eigenvalue weighted by atomic mass is 10.2. The van der Waals surface area contributed by atoms with E-state index in [9.17, 15) is 13.6 Å². The number of carbonyl (C=O) groups is 1. The number of aryl methyl sites for hydroxylation is 1. The SMILES string of the molecule is O=C(CCn1cnnn1)NCc1cccnc1Oc1ccc(F)c(F)c1. The minimum Gasteiger partial charge on any atom is -0.439 e. The zero-order valence-corrected chi connectivity index (χ0v) is 13.5. The molecule has 0 aliphatic rings. The van der Waals surface area contributed by atoms with Crippen molar-refractivity contribution in [1.82, 2.24) is 30.5 Å². The molecule has 2 heterocycles. The van der Waals surface area contributed by atoms with E-state index in [0.717, 1.165) is 12.1 Å². The standard InChI is InChI=1S/C16H14F2N6O2/c17-13-4-3-12(8-14(13)18)26-16-11(2-1-6-19-16)9-20-15(25)5-7-24-10-21-22-23-24/h1-4,6,8,10H,5,7,9H2,(H,20,25). The van der Waals surface area contributed by atoms with Crippen molar-refractivity contribution in [3.63, 3.8) is 0 Å². The molecule has 0 saturated heterocycles. The Morgan fingerprint density at radius 2 is 2.12 bits per heavy atom. The van der Waals surface area contributed by atoms with Crippen LogP contribution in [0.25, 0.3) is 0 Å². The summed E-state index contributed by atoms with van der Waals surface area (Å²) < 4.78 is 33.2. The number of rotatable bonds is 7. The molecule has 0 aliphatic carbocycles. The molecular formula is C16H14F2N6O2. The molecule has 26 heavy (non-hydrogen) atoms. The molecule has 0 atom stereocenters. The van der Waals surface area contributed by atoms with E-state index in [1.165, 1.54) is 23.3 Å². The van der Waals surface area contributed by atoms with E-state index in [1.54, 1.807) is 12.1 Å². The minimum atomic E-state index is -1.02. The summed E-state index contributed by atoms with van der Waals surface area (Å²) in [5.74, 6) is -1.89. The van der Waals surface area contributed by atoms with Gasteiger partial charge in [0, 0.05) is 30.8 Å². The zero-order valence-electron chi connectivity index (χ0n) is 13.5. The Morgan fingerprint density at radius 3 is 2.88 bits per heavy atom. The Labute approximate surface area is 146 Å². The smallest absolute Gasteiger partial charge is 0.224 e. The highest BCUT2D eigenvalue weighted by Crippen LogP contribution is 2.24. The van der Waals surface area contributed by atoms with E-state index in [4.69, 9.17) is 4.74 Å². The predicted octanol–water partition coefficient (Wildman–Crippen LogP) is 1.85. The Morgan fingerprint density at radius 1 is 1.23 bits per heavy atom. The van der Waals surface area contributed by atoms with Gasteiger partial charge in [0.25, 0.3) is 0 Å². The summed E-state index contributed by atoms with van der Waals surface area (Å²) in [5, 5.41) is 13.4. The van der Waals surface area contributed by atoms with Gasteiger partial charge in [0.15, 0.2) is 11.6 Å². The number of nitrogens with one attached hydrogen (secondary N) is 1. The normalized spacial score (nSPS) is 10.5. The maximum atomic E-state index is 13.3. The Kier molecular flexibility index (Phi) is 5.42. The van der Waals surface area contributed by atoms with Crippen LogP contribution in [0.1, 0.15) is 12.0 Å². The third-order valence-electron chi connectivity index (χ3n) is 3.39. The lowest BCUT2D eigenvalue weighted by Gasteiger charge is -2.11. The van der Waals surface area contributed by atoms with Gasteiger partial charge < -0.3 is 10.1 Å². The summed E-state index contributed by atoms with van der Waals surface area (Å²) in [6.45, 7) is 0.519. The summed E-state index contributed by atoms with van der Waals surface area (Å²) in [6, 6.07) is 6.58. The molecule has 1 amide bonds. The summed E-state index contributed by atoms with van der Waals surface area (Å²) in [7, 11) is 0. The van der Waals surface area contributed by atoms with Crippen molar-refractivity contribution >= 4 is 5.91 Å². The first-order valence-electron chi connectivity index (χ1n) is 7.66. The number of carbonyl (C=O) groups excluding carboxylic acids is 1. The van der Waals surface area contributed by atoms with Crippen LogP contribution in [0.5, 0.6) is 11.6 Å². The summed E-state index contributed by atoms with van der Waals surface area (Å²) in [5.41, 5.74) is 0.591. The third kappa shape index (κ3) is 4.56. The van der Waals surface area contributed by atoms with Crippen molar-refractivity contribution in [3.05, 3.63) is 60.1 Å². The lowest BCUT2D eigenvalue weighted by Crippen LogP contribution is -2.24. The van der Waals surface area contributed by atoms with Crippen LogP contribution >= 0.6 is 0 Å². The average Bonchev–Trinajstić information content (AvgIpc) is 3.16. The molecule has 8 nitrogen and oxygen atoms in total. The van der Waals surface area contributed by atoms with Crippen LogP contribution < -0.4 is 10.1 Å². The summed E-state index contributed by atoms with van der Waals surface area (Å²) >= 11 is 0.